The summed E-state index contributed by atoms with van der Waals surface area (Å²) in [6.07, 6.45) is -0.171. The Morgan fingerprint density at radius 1 is 1.16 bits per heavy atom. The van der Waals surface area contributed by atoms with Crippen molar-refractivity contribution in [1.82, 2.24) is 9.80 Å². The monoisotopic (exact) mass is 267 g/mol. The number of rotatable bonds is 4. The van der Waals surface area contributed by atoms with E-state index in [1.807, 2.05) is 38.0 Å². The minimum absolute atomic E-state index is 0.171. The first-order valence-electron chi connectivity index (χ1n) is 6.13. The summed E-state index contributed by atoms with van der Waals surface area (Å²) in [5.41, 5.74) is 0.921. The Morgan fingerprint density at radius 2 is 1.68 bits per heavy atom. The quantitative estimate of drug-likeness (QED) is 0.617. The zero-order valence-electron chi connectivity index (χ0n) is 12.2. The zero-order valence-corrected chi connectivity index (χ0v) is 12.2. The van der Waals surface area contributed by atoms with Gasteiger partial charge in [-0.05, 0) is 17.7 Å². The van der Waals surface area contributed by atoms with E-state index in [-0.39, 0.29) is 11.9 Å². The lowest BCUT2D eigenvalue weighted by molar-refractivity contribution is 0.110. The van der Waals surface area contributed by atoms with Crippen molar-refractivity contribution in [2.75, 3.05) is 41.8 Å². The van der Waals surface area contributed by atoms with E-state index in [0.717, 1.165) is 11.5 Å². The van der Waals surface area contributed by atoms with E-state index in [4.69, 9.17) is 4.74 Å². The second-order valence-corrected chi connectivity index (χ2v) is 4.71. The van der Waals surface area contributed by atoms with Crippen molar-refractivity contribution in [2.24, 2.45) is 4.99 Å². The first-order valence-corrected chi connectivity index (χ1v) is 6.13. The second-order valence-electron chi connectivity index (χ2n) is 4.71. The molecule has 1 atom stereocenters. The van der Waals surface area contributed by atoms with Crippen LogP contribution in [0.2, 0.25) is 0 Å². The van der Waals surface area contributed by atoms with Crippen LogP contribution in [0.3, 0.4) is 0 Å². The second kappa shape index (κ2) is 7.09. The topological polar surface area (TPSA) is 28.1 Å². The molecule has 0 fully saturated rings. The Hall–Kier alpha value is -1.62. The molecule has 0 amide bonds. The molecule has 0 radical (unpaired) electrons. The number of ether oxygens (including phenoxy) is 1. The molecule has 106 valence electrons. The van der Waals surface area contributed by atoms with E-state index in [1.54, 1.807) is 19.2 Å². The summed E-state index contributed by atoms with van der Waals surface area (Å²) in [4.78, 5) is 8.43. The van der Waals surface area contributed by atoms with Gasteiger partial charge in [-0.3, -0.25) is 0 Å². The van der Waals surface area contributed by atoms with Crippen LogP contribution in [0, 0.1) is 5.82 Å². The van der Waals surface area contributed by atoms with E-state index in [2.05, 4.69) is 4.99 Å². The molecule has 0 aliphatic heterocycles. The summed E-state index contributed by atoms with van der Waals surface area (Å²) < 4.78 is 18.3. The molecule has 0 saturated heterocycles. The molecule has 4 nitrogen and oxygen atoms in total. The Bertz CT molecular complexity index is 405. The van der Waals surface area contributed by atoms with Crippen molar-refractivity contribution >= 4 is 5.96 Å². The average molecular weight is 267 g/mol. The molecule has 1 unspecified atom stereocenters. The van der Waals surface area contributed by atoms with Gasteiger partial charge in [0.25, 0.3) is 0 Å². The molecule has 0 N–H and O–H groups in total. The molecular weight excluding hydrogens is 245 g/mol. The fourth-order valence-electron chi connectivity index (χ4n) is 1.84. The maximum absolute atomic E-state index is 12.9. The van der Waals surface area contributed by atoms with Crippen LogP contribution in [-0.4, -0.2) is 57.6 Å². The highest BCUT2D eigenvalue weighted by Crippen LogP contribution is 2.17. The van der Waals surface area contributed by atoms with Crippen molar-refractivity contribution < 1.29 is 9.13 Å². The van der Waals surface area contributed by atoms with Gasteiger partial charge in [0, 0.05) is 35.3 Å². The lowest BCUT2D eigenvalue weighted by Gasteiger charge is -2.23. The maximum Gasteiger partial charge on any atom is 0.195 e. The number of hydrogen-bond acceptors (Lipinski definition) is 2. The summed E-state index contributed by atoms with van der Waals surface area (Å²) >= 11 is 0. The van der Waals surface area contributed by atoms with E-state index in [0.29, 0.717) is 6.54 Å². The fourth-order valence-corrected chi connectivity index (χ4v) is 1.84. The lowest BCUT2D eigenvalue weighted by Crippen LogP contribution is -2.35. The Labute approximate surface area is 114 Å². The van der Waals surface area contributed by atoms with Gasteiger partial charge in [0.2, 0.25) is 0 Å². The van der Waals surface area contributed by atoms with E-state index in [9.17, 15) is 4.39 Å². The van der Waals surface area contributed by atoms with Gasteiger partial charge in [-0.25, -0.2) is 9.38 Å². The average Bonchev–Trinajstić information content (AvgIpc) is 2.35. The zero-order chi connectivity index (χ0) is 14.4. The van der Waals surface area contributed by atoms with Crippen molar-refractivity contribution in [3.63, 3.8) is 0 Å². The van der Waals surface area contributed by atoms with Crippen LogP contribution in [-0.2, 0) is 4.74 Å². The van der Waals surface area contributed by atoms with Gasteiger partial charge in [0.15, 0.2) is 5.96 Å². The van der Waals surface area contributed by atoms with Crippen LogP contribution in [0.1, 0.15) is 11.7 Å². The third kappa shape index (κ3) is 4.52. The third-order valence-electron chi connectivity index (χ3n) is 2.72. The fraction of sp³-hybridized carbons (Fsp3) is 0.500. The highest BCUT2D eigenvalue weighted by atomic mass is 19.1. The summed E-state index contributed by atoms with van der Waals surface area (Å²) in [7, 11) is 9.41. The summed E-state index contributed by atoms with van der Waals surface area (Å²) in [5, 5.41) is 0. The number of hydrogen-bond donors (Lipinski definition) is 0. The van der Waals surface area contributed by atoms with Crippen molar-refractivity contribution in [2.45, 2.75) is 6.10 Å². The van der Waals surface area contributed by atoms with E-state index < -0.39 is 0 Å². The number of aliphatic imine (C=N–C) groups is 1. The largest absolute Gasteiger partial charge is 0.375 e. The van der Waals surface area contributed by atoms with Crippen molar-refractivity contribution in [1.29, 1.82) is 0 Å². The molecule has 0 aromatic heterocycles. The highest BCUT2D eigenvalue weighted by molar-refractivity contribution is 5.79. The number of methoxy groups -OCH3 is 1. The minimum Gasteiger partial charge on any atom is -0.375 e. The van der Waals surface area contributed by atoms with Gasteiger partial charge in [-0.2, -0.15) is 0 Å². The molecule has 5 heteroatoms. The molecule has 1 rings (SSSR count). The van der Waals surface area contributed by atoms with Gasteiger partial charge in [0.1, 0.15) is 11.9 Å². The normalized spacial score (nSPS) is 11.9. The number of guanidine groups is 1. The van der Waals surface area contributed by atoms with Crippen LogP contribution in [0.4, 0.5) is 4.39 Å². The molecule has 0 aliphatic carbocycles. The Morgan fingerprint density at radius 3 is 2.11 bits per heavy atom. The molecule has 19 heavy (non-hydrogen) atoms. The molecule has 0 bridgehead atoms. The first kappa shape index (κ1) is 15.4. The van der Waals surface area contributed by atoms with Crippen LogP contribution in [0.15, 0.2) is 29.3 Å². The summed E-state index contributed by atoms with van der Waals surface area (Å²) in [6, 6.07) is 6.32. The molecular formula is C14H22FN3O. The van der Waals surface area contributed by atoms with Gasteiger partial charge in [-0.1, -0.05) is 12.1 Å². The Kier molecular flexibility index (Phi) is 5.76. The maximum atomic E-state index is 12.9. The standard InChI is InChI=1S/C14H22FN3O/c1-17(2)14(18(3)4)16-10-13(19-5)11-6-8-12(15)9-7-11/h6-9,13H,10H2,1-5H3. The lowest BCUT2D eigenvalue weighted by atomic mass is 10.1. The van der Waals surface area contributed by atoms with Crippen LogP contribution < -0.4 is 0 Å². The molecule has 0 spiro atoms. The summed E-state index contributed by atoms with van der Waals surface area (Å²) in [6.45, 7) is 0.494. The van der Waals surface area contributed by atoms with Crippen LogP contribution in [0.5, 0.6) is 0 Å². The minimum atomic E-state index is -0.246. The Balaban J connectivity index is 2.82. The van der Waals surface area contributed by atoms with E-state index >= 15 is 0 Å². The number of nitrogens with zero attached hydrogens (tertiary/aromatic N) is 3. The molecule has 1 aromatic rings. The van der Waals surface area contributed by atoms with E-state index in [1.165, 1.54) is 12.1 Å². The predicted octanol–water partition coefficient (Wildman–Crippen LogP) is 1.99. The SMILES string of the molecule is COC(CN=C(N(C)C)N(C)C)c1ccc(F)cc1. The number of halogens is 1. The van der Waals surface area contributed by atoms with Crippen molar-refractivity contribution in [3.05, 3.63) is 35.6 Å². The predicted molar refractivity (Wildman–Crippen MR) is 75.8 cm³/mol. The first-order chi connectivity index (χ1) is 8.95. The van der Waals surface area contributed by atoms with Gasteiger partial charge >= 0.3 is 0 Å². The van der Waals surface area contributed by atoms with Crippen LogP contribution in [0.25, 0.3) is 0 Å². The molecule has 0 saturated carbocycles. The van der Waals surface area contributed by atoms with Gasteiger partial charge < -0.3 is 14.5 Å². The third-order valence-corrected chi connectivity index (χ3v) is 2.72. The smallest absolute Gasteiger partial charge is 0.195 e. The van der Waals surface area contributed by atoms with Crippen LogP contribution >= 0.6 is 0 Å². The summed E-state index contributed by atoms with van der Waals surface area (Å²) in [5.74, 6) is 0.619. The molecule has 1 aromatic carbocycles. The highest BCUT2D eigenvalue weighted by Gasteiger charge is 2.12. The van der Waals surface area contributed by atoms with Gasteiger partial charge in [0.05, 0.1) is 6.54 Å². The molecule has 0 aliphatic rings. The van der Waals surface area contributed by atoms with Crippen molar-refractivity contribution in [3.8, 4) is 0 Å². The number of benzene rings is 1. The molecule has 0 heterocycles. The van der Waals surface area contributed by atoms with Gasteiger partial charge in [-0.15, -0.1) is 0 Å².